The van der Waals surface area contributed by atoms with Gasteiger partial charge in [-0.25, -0.2) is 0 Å². The largest absolute Gasteiger partial charge is 0.382 e. The van der Waals surface area contributed by atoms with Crippen molar-refractivity contribution < 1.29 is 4.79 Å². The summed E-state index contributed by atoms with van der Waals surface area (Å²) in [5, 5.41) is 6.54. The fraction of sp³-hybridized carbons (Fsp3) is 0.588. The molecule has 0 radical (unpaired) electrons. The molecule has 4 heteroatoms. The average Bonchev–Trinajstić information content (AvgIpc) is 2.45. The number of nitrogens with one attached hydrogen (secondary N) is 2. The van der Waals surface area contributed by atoms with Gasteiger partial charge in [-0.3, -0.25) is 4.79 Å². The minimum Gasteiger partial charge on any atom is -0.382 e. The third-order valence-electron chi connectivity index (χ3n) is 4.29. The second-order valence-electron chi connectivity index (χ2n) is 6.29. The maximum absolute atomic E-state index is 12.5. The van der Waals surface area contributed by atoms with Gasteiger partial charge in [0.1, 0.15) is 0 Å². The van der Waals surface area contributed by atoms with Gasteiger partial charge in [-0.1, -0.05) is 18.2 Å². The number of fused-ring (bicyclic) bond motifs is 1. The van der Waals surface area contributed by atoms with E-state index in [1.807, 2.05) is 12.1 Å². The molecule has 1 aliphatic heterocycles. The second-order valence-corrected chi connectivity index (χ2v) is 6.29. The Hall–Kier alpha value is -1.55. The average molecular weight is 289 g/mol. The van der Waals surface area contributed by atoms with E-state index in [9.17, 15) is 4.79 Å². The third kappa shape index (κ3) is 3.97. The fourth-order valence-electron chi connectivity index (χ4n) is 2.72. The lowest BCUT2D eigenvalue weighted by Crippen LogP contribution is -2.40. The van der Waals surface area contributed by atoms with Crippen LogP contribution in [0.5, 0.6) is 0 Å². The van der Waals surface area contributed by atoms with Crippen molar-refractivity contribution in [2.24, 2.45) is 0 Å². The molecule has 2 atom stereocenters. The van der Waals surface area contributed by atoms with E-state index >= 15 is 0 Å². The first-order valence-electron chi connectivity index (χ1n) is 7.82. The molecule has 0 aromatic heterocycles. The highest BCUT2D eigenvalue weighted by atomic mass is 16.1. The number of carbonyl (C=O) groups is 1. The molecule has 1 aromatic rings. The van der Waals surface area contributed by atoms with E-state index in [4.69, 9.17) is 0 Å². The third-order valence-corrected chi connectivity index (χ3v) is 4.29. The zero-order chi connectivity index (χ0) is 15.4. The van der Waals surface area contributed by atoms with Gasteiger partial charge >= 0.3 is 0 Å². The first-order valence-corrected chi connectivity index (χ1v) is 7.82. The lowest BCUT2D eigenvalue weighted by molar-refractivity contribution is -0.122. The Morgan fingerprint density at radius 1 is 1.43 bits per heavy atom. The van der Waals surface area contributed by atoms with E-state index in [0.717, 1.165) is 24.2 Å². The maximum Gasteiger partial charge on any atom is 0.227 e. The van der Waals surface area contributed by atoms with Crippen molar-refractivity contribution in [1.29, 1.82) is 0 Å². The monoisotopic (exact) mass is 289 g/mol. The minimum atomic E-state index is -0.0400. The van der Waals surface area contributed by atoms with Gasteiger partial charge in [0.05, 0.1) is 5.92 Å². The Bertz CT molecular complexity index is 487. The van der Waals surface area contributed by atoms with Crippen LogP contribution < -0.4 is 10.6 Å². The highest BCUT2D eigenvalue weighted by Crippen LogP contribution is 2.33. The number of amides is 1. The van der Waals surface area contributed by atoms with E-state index < -0.39 is 0 Å². The quantitative estimate of drug-likeness (QED) is 0.875. The van der Waals surface area contributed by atoms with E-state index in [2.05, 4.69) is 55.5 Å². The zero-order valence-corrected chi connectivity index (χ0v) is 13.5. The summed E-state index contributed by atoms with van der Waals surface area (Å²) in [5.74, 6) is 0.106. The summed E-state index contributed by atoms with van der Waals surface area (Å²) < 4.78 is 0. The first kappa shape index (κ1) is 15.8. The lowest BCUT2D eigenvalue weighted by Gasteiger charge is -2.31. The van der Waals surface area contributed by atoms with Crippen LogP contribution in [0.25, 0.3) is 0 Å². The van der Waals surface area contributed by atoms with Crippen LogP contribution in [0.15, 0.2) is 24.3 Å². The van der Waals surface area contributed by atoms with Crippen LogP contribution in [0.1, 0.15) is 38.7 Å². The standard InChI is InChI=1S/C17H27N3O/c1-12(2)20(4)10-9-18-17(21)15-11-13(3)19-16-8-6-5-7-14(15)16/h5-8,12-13,15,19H,9-11H2,1-4H3,(H,18,21)/t13-,15+/m1/s1. The summed E-state index contributed by atoms with van der Waals surface area (Å²) in [4.78, 5) is 14.7. The topological polar surface area (TPSA) is 44.4 Å². The van der Waals surface area contributed by atoms with E-state index in [-0.39, 0.29) is 11.8 Å². The molecule has 21 heavy (non-hydrogen) atoms. The van der Waals surface area contributed by atoms with Crippen molar-refractivity contribution in [3.63, 3.8) is 0 Å². The van der Waals surface area contributed by atoms with Gasteiger partial charge < -0.3 is 15.5 Å². The molecule has 4 nitrogen and oxygen atoms in total. The fourth-order valence-corrected chi connectivity index (χ4v) is 2.72. The van der Waals surface area contributed by atoms with Crippen molar-refractivity contribution in [1.82, 2.24) is 10.2 Å². The predicted molar refractivity (Wildman–Crippen MR) is 87.7 cm³/mol. The van der Waals surface area contributed by atoms with Gasteiger partial charge in [0, 0.05) is 30.9 Å². The molecule has 0 fully saturated rings. The van der Waals surface area contributed by atoms with Gasteiger partial charge in [-0.05, 0) is 45.9 Å². The number of para-hydroxylation sites is 1. The maximum atomic E-state index is 12.5. The van der Waals surface area contributed by atoms with Crippen LogP contribution in [0.2, 0.25) is 0 Å². The van der Waals surface area contributed by atoms with Crippen LogP contribution in [-0.4, -0.2) is 43.0 Å². The summed E-state index contributed by atoms with van der Waals surface area (Å²) in [6.45, 7) is 8.03. The van der Waals surface area contributed by atoms with E-state index in [1.54, 1.807) is 0 Å². The molecule has 0 unspecified atom stereocenters. The van der Waals surface area contributed by atoms with Crippen molar-refractivity contribution in [3.8, 4) is 0 Å². The summed E-state index contributed by atoms with van der Waals surface area (Å²) in [6.07, 6.45) is 0.850. The zero-order valence-electron chi connectivity index (χ0n) is 13.5. The molecule has 2 rings (SSSR count). The Morgan fingerprint density at radius 3 is 2.86 bits per heavy atom. The second kappa shape index (κ2) is 6.94. The van der Waals surface area contributed by atoms with Gasteiger partial charge in [-0.2, -0.15) is 0 Å². The molecule has 1 amide bonds. The van der Waals surface area contributed by atoms with Crippen molar-refractivity contribution in [2.45, 2.75) is 45.2 Å². The number of rotatable bonds is 5. The van der Waals surface area contributed by atoms with Crippen molar-refractivity contribution in [3.05, 3.63) is 29.8 Å². The number of nitrogens with zero attached hydrogens (tertiary/aromatic N) is 1. The summed E-state index contributed by atoms with van der Waals surface area (Å²) in [7, 11) is 2.08. The molecular formula is C17H27N3O. The number of hydrogen-bond donors (Lipinski definition) is 2. The molecular weight excluding hydrogens is 262 g/mol. The van der Waals surface area contributed by atoms with Crippen molar-refractivity contribution >= 4 is 11.6 Å². The number of hydrogen-bond acceptors (Lipinski definition) is 3. The highest BCUT2D eigenvalue weighted by Gasteiger charge is 2.29. The molecule has 0 spiro atoms. The van der Waals surface area contributed by atoms with Crippen LogP contribution in [0.4, 0.5) is 5.69 Å². The van der Waals surface area contributed by atoms with Crippen LogP contribution in [0, 0.1) is 0 Å². The Labute approximate surface area is 127 Å². The number of carbonyl (C=O) groups excluding carboxylic acids is 1. The summed E-state index contributed by atoms with van der Waals surface area (Å²) in [5.41, 5.74) is 2.21. The normalized spacial score (nSPS) is 21.0. The molecule has 0 aliphatic carbocycles. The Balaban J connectivity index is 1.96. The van der Waals surface area contributed by atoms with Gasteiger partial charge in [0.2, 0.25) is 5.91 Å². The molecule has 1 aliphatic rings. The molecule has 116 valence electrons. The predicted octanol–water partition coefficient (Wildman–Crippen LogP) is 2.43. The van der Waals surface area contributed by atoms with Gasteiger partial charge in [0.15, 0.2) is 0 Å². The molecule has 0 saturated carbocycles. The molecule has 0 bridgehead atoms. The number of benzene rings is 1. The molecule has 1 aromatic carbocycles. The lowest BCUT2D eigenvalue weighted by atomic mass is 9.87. The van der Waals surface area contributed by atoms with Crippen molar-refractivity contribution in [2.75, 3.05) is 25.5 Å². The van der Waals surface area contributed by atoms with Gasteiger partial charge in [-0.15, -0.1) is 0 Å². The van der Waals surface area contributed by atoms with Crippen LogP contribution in [-0.2, 0) is 4.79 Å². The van der Waals surface area contributed by atoms with Gasteiger partial charge in [0.25, 0.3) is 0 Å². The summed E-state index contributed by atoms with van der Waals surface area (Å²) >= 11 is 0. The SMILES string of the molecule is CC(C)N(C)CCNC(=O)[C@H]1C[C@@H](C)Nc2ccccc21. The number of likely N-dealkylation sites (N-methyl/N-ethyl adjacent to an activating group) is 1. The highest BCUT2D eigenvalue weighted by molar-refractivity contribution is 5.86. The summed E-state index contributed by atoms with van der Waals surface area (Å²) in [6, 6.07) is 8.95. The smallest absolute Gasteiger partial charge is 0.227 e. The minimum absolute atomic E-state index is 0.0400. The Kier molecular flexibility index (Phi) is 5.23. The first-order chi connectivity index (χ1) is 9.99. The van der Waals surface area contributed by atoms with E-state index in [1.165, 1.54) is 0 Å². The molecule has 2 N–H and O–H groups in total. The van der Waals surface area contributed by atoms with E-state index in [0.29, 0.717) is 18.6 Å². The Morgan fingerprint density at radius 2 is 2.14 bits per heavy atom. The molecule has 0 saturated heterocycles. The number of anilines is 1. The molecule has 1 heterocycles. The van der Waals surface area contributed by atoms with Crippen LogP contribution >= 0.6 is 0 Å². The van der Waals surface area contributed by atoms with Crippen LogP contribution in [0.3, 0.4) is 0 Å².